The van der Waals surface area contributed by atoms with Crippen molar-refractivity contribution < 1.29 is 0 Å². The van der Waals surface area contributed by atoms with Crippen LogP contribution in [-0.4, -0.2) is 9.55 Å². The van der Waals surface area contributed by atoms with Gasteiger partial charge >= 0.3 is 0 Å². The molecule has 0 N–H and O–H groups in total. The Hall–Kier alpha value is -1.13. The molecule has 0 bridgehead atoms. The normalized spacial score (nSPS) is 12.0. The van der Waals surface area contributed by atoms with Crippen LogP contribution < -0.4 is 0 Å². The lowest BCUT2D eigenvalue weighted by Crippen LogP contribution is -2.11. The van der Waals surface area contributed by atoms with Crippen molar-refractivity contribution >= 4 is 42.9 Å². The zero-order chi connectivity index (χ0) is 15.2. The molecule has 0 fully saturated rings. The van der Waals surface area contributed by atoms with Gasteiger partial charge in [0.1, 0.15) is 6.33 Å². The summed E-state index contributed by atoms with van der Waals surface area (Å²) in [5.41, 5.74) is 4.57. The van der Waals surface area contributed by atoms with Crippen molar-refractivity contribution in [2.24, 2.45) is 0 Å². The molecule has 0 aliphatic heterocycles. The number of aromatic nitrogens is 2. The first kappa shape index (κ1) is 14.8. The summed E-state index contributed by atoms with van der Waals surface area (Å²) < 4.78 is 4.23. The van der Waals surface area contributed by atoms with Crippen LogP contribution in [0.1, 0.15) is 26.3 Å². The van der Waals surface area contributed by atoms with Crippen molar-refractivity contribution in [1.82, 2.24) is 9.55 Å². The van der Waals surface area contributed by atoms with Gasteiger partial charge < -0.3 is 0 Å². The molecule has 21 heavy (non-hydrogen) atoms. The Morgan fingerprint density at radius 1 is 1.00 bits per heavy atom. The quantitative estimate of drug-likeness (QED) is 0.494. The molecule has 0 spiro atoms. The van der Waals surface area contributed by atoms with E-state index in [9.17, 15) is 0 Å². The zero-order valence-electron chi connectivity index (χ0n) is 12.2. The van der Waals surface area contributed by atoms with Crippen LogP contribution in [0.25, 0.3) is 16.7 Å². The van der Waals surface area contributed by atoms with Gasteiger partial charge in [-0.1, -0.05) is 32.9 Å². The predicted octanol–water partition coefficient (Wildman–Crippen LogP) is 5.85. The van der Waals surface area contributed by atoms with E-state index in [-0.39, 0.29) is 5.41 Å². The van der Waals surface area contributed by atoms with Crippen LogP contribution in [-0.2, 0) is 5.41 Å². The van der Waals surface area contributed by atoms with Crippen LogP contribution >= 0.6 is 31.9 Å². The standard InChI is InChI=1S/C17H16Br2N2/c1-17(2,3)11-8-12(18)16(13(19)9-11)21-10-20-14-6-4-5-7-15(14)21/h4-10H,1-3H3. The highest BCUT2D eigenvalue weighted by Gasteiger charge is 2.19. The highest BCUT2D eigenvalue weighted by atomic mass is 79.9. The van der Waals surface area contributed by atoms with Crippen LogP contribution in [0, 0.1) is 0 Å². The van der Waals surface area contributed by atoms with E-state index in [1.807, 2.05) is 24.5 Å². The van der Waals surface area contributed by atoms with Crippen molar-refractivity contribution in [3.05, 3.63) is 57.2 Å². The number of imidazole rings is 1. The second-order valence-electron chi connectivity index (χ2n) is 6.14. The number of halogens is 2. The molecule has 0 radical (unpaired) electrons. The Labute approximate surface area is 141 Å². The number of fused-ring (bicyclic) bond motifs is 1. The molecule has 3 rings (SSSR count). The molecule has 2 nitrogen and oxygen atoms in total. The molecule has 0 unspecified atom stereocenters. The van der Waals surface area contributed by atoms with Gasteiger partial charge in [-0.05, 0) is 67.1 Å². The average Bonchev–Trinajstić information content (AvgIpc) is 2.81. The Balaban J connectivity index is 2.24. The fraction of sp³-hybridized carbons (Fsp3) is 0.235. The summed E-state index contributed by atoms with van der Waals surface area (Å²) in [4.78, 5) is 4.47. The Morgan fingerprint density at radius 2 is 1.62 bits per heavy atom. The molecule has 0 amide bonds. The number of hydrogen-bond donors (Lipinski definition) is 0. The second kappa shape index (κ2) is 5.25. The molecule has 3 aromatic rings. The van der Waals surface area contributed by atoms with Crippen LogP contribution in [0.3, 0.4) is 0 Å². The maximum Gasteiger partial charge on any atom is 0.100 e. The maximum absolute atomic E-state index is 4.47. The van der Waals surface area contributed by atoms with Crippen LogP contribution in [0.5, 0.6) is 0 Å². The van der Waals surface area contributed by atoms with Gasteiger partial charge in [0.15, 0.2) is 0 Å². The lowest BCUT2D eigenvalue weighted by molar-refractivity contribution is 0.589. The Bertz CT molecular complexity index is 790. The predicted molar refractivity (Wildman–Crippen MR) is 95.2 cm³/mol. The van der Waals surface area contributed by atoms with Gasteiger partial charge in [-0.2, -0.15) is 0 Å². The fourth-order valence-electron chi connectivity index (χ4n) is 2.37. The molecule has 1 heterocycles. The number of para-hydroxylation sites is 2. The summed E-state index contributed by atoms with van der Waals surface area (Å²) in [7, 11) is 0. The highest BCUT2D eigenvalue weighted by molar-refractivity contribution is 9.11. The van der Waals surface area contributed by atoms with Crippen molar-refractivity contribution in [3.63, 3.8) is 0 Å². The smallest absolute Gasteiger partial charge is 0.100 e. The van der Waals surface area contributed by atoms with Crippen LogP contribution in [0.15, 0.2) is 51.7 Å². The van der Waals surface area contributed by atoms with Gasteiger partial charge in [0.2, 0.25) is 0 Å². The van der Waals surface area contributed by atoms with E-state index < -0.39 is 0 Å². The molecule has 1 aromatic heterocycles. The molecule has 0 atom stereocenters. The average molecular weight is 408 g/mol. The van der Waals surface area contributed by atoms with Crippen LogP contribution in [0.4, 0.5) is 0 Å². The van der Waals surface area contributed by atoms with Crippen molar-refractivity contribution in [1.29, 1.82) is 0 Å². The molecule has 4 heteroatoms. The third kappa shape index (κ3) is 2.67. The van der Waals surface area contributed by atoms with Crippen molar-refractivity contribution in [2.45, 2.75) is 26.2 Å². The number of benzene rings is 2. The molecule has 2 aromatic carbocycles. The highest BCUT2D eigenvalue weighted by Crippen LogP contribution is 2.36. The first-order valence-corrected chi connectivity index (χ1v) is 8.38. The van der Waals surface area contributed by atoms with E-state index in [2.05, 4.69) is 80.4 Å². The molecule has 108 valence electrons. The maximum atomic E-state index is 4.47. The largest absolute Gasteiger partial charge is 0.297 e. The van der Waals surface area contributed by atoms with E-state index in [4.69, 9.17) is 0 Å². The minimum atomic E-state index is 0.112. The lowest BCUT2D eigenvalue weighted by Gasteiger charge is -2.21. The lowest BCUT2D eigenvalue weighted by atomic mass is 9.87. The summed E-state index contributed by atoms with van der Waals surface area (Å²) in [5, 5.41) is 0. The molecular formula is C17H16Br2N2. The number of rotatable bonds is 1. The summed E-state index contributed by atoms with van der Waals surface area (Å²) in [6, 6.07) is 12.5. The molecular weight excluding hydrogens is 392 g/mol. The summed E-state index contributed by atoms with van der Waals surface area (Å²) in [6.07, 6.45) is 1.87. The molecule has 0 saturated heterocycles. The van der Waals surface area contributed by atoms with Gasteiger partial charge in [0, 0.05) is 8.95 Å². The first-order valence-electron chi connectivity index (χ1n) is 6.80. The van der Waals surface area contributed by atoms with E-state index in [1.54, 1.807) is 0 Å². The third-order valence-electron chi connectivity index (χ3n) is 3.58. The van der Waals surface area contributed by atoms with Crippen molar-refractivity contribution in [2.75, 3.05) is 0 Å². The SMILES string of the molecule is CC(C)(C)c1cc(Br)c(-n2cnc3ccccc32)c(Br)c1. The summed E-state index contributed by atoms with van der Waals surface area (Å²) >= 11 is 7.44. The Morgan fingerprint density at radius 3 is 2.24 bits per heavy atom. The van der Waals surface area contributed by atoms with E-state index >= 15 is 0 Å². The van der Waals surface area contributed by atoms with Crippen LogP contribution in [0.2, 0.25) is 0 Å². The van der Waals surface area contributed by atoms with E-state index in [0.717, 1.165) is 25.7 Å². The zero-order valence-corrected chi connectivity index (χ0v) is 15.4. The molecule has 0 aliphatic carbocycles. The van der Waals surface area contributed by atoms with Gasteiger partial charge in [0.05, 0.1) is 16.7 Å². The first-order chi connectivity index (χ1) is 9.88. The fourth-order valence-corrected chi connectivity index (χ4v) is 3.93. The van der Waals surface area contributed by atoms with Gasteiger partial charge in [-0.15, -0.1) is 0 Å². The van der Waals surface area contributed by atoms with Crippen molar-refractivity contribution in [3.8, 4) is 5.69 Å². The van der Waals surface area contributed by atoms with Gasteiger partial charge in [-0.3, -0.25) is 4.57 Å². The summed E-state index contributed by atoms with van der Waals surface area (Å²) in [5.74, 6) is 0. The third-order valence-corrected chi connectivity index (χ3v) is 4.79. The second-order valence-corrected chi connectivity index (χ2v) is 7.85. The van der Waals surface area contributed by atoms with E-state index in [1.165, 1.54) is 5.56 Å². The molecule has 0 saturated carbocycles. The Kier molecular flexibility index (Phi) is 3.70. The van der Waals surface area contributed by atoms with Gasteiger partial charge in [0.25, 0.3) is 0 Å². The minimum absolute atomic E-state index is 0.112. The monoisotopic (exact) mass is 406 g/mol. The summed E-state index contributed by atoms with van der Waals surface area (Å²) in [6.45, 7) is 6.65. The minimum Gasteiger partial charge on any atom is -0.297 e. The topological polar surface area (TPSA) is 17.8 Å². The number of hydrogen-bond acceptors (Lipinski definition) is 1. The number of nitrogens with zero attached hydrogens (tertiary/aromatic N) is 2. The van der Waals surface area contributed by atoms with Gasteiger partial charge in [-0.25, -0.2) is 4.98 Å². The van der Waals surface area contributed by atoms with E-state index in [0.29, 0.717) is 0 Å². The molecule has 0 aliphatic rings.